The van der Waals surface area contributed by atoms with Gasteiger partial charge in [0, 0.05) is 18.2 Å². The molecule has 4 nitrogen and oxygen atoms in total. The number of carbonyl (C=O) groups excluding carboxylic acids is 1. The van der Waals surface area contributed by atoms with E-state index in [9.17, 15) is 4.79 Å². The Balaban J connectivity index is 2.28. The molecule has 3 rings (SSSR count). The molecule has 70 valence electrons. The molecule has 0 amide bonds. The fourth-order valence-electron chi connectivity index (χ4n) is 1.64. The van der Waals surface area contributed by atoms with Gasteiger partial charge in [-0.05, 0) is 12.1 Å². The molecule has 1 aromatic carbocycles. The molecular formula is C10H7NO3. The Labute approximate surface area is 80.2 Å². The van der Waals surface area contributed by atoms with Gasteiger partial charge in [0.2, 0.25) is 6.79 Å². The number of rotatable bonds is 0. The van der Waals surface area contributed by atoms with Crippen molar-refractivity contribution in [3.05, 3.63) is 17.7 Å². The van der Waals surface area contributed by atoms with E-state index in [0.717, 1.165) is 0 Å². The molecule has 0 spiro atoms. The van der Waals surface area contributed by atoms with Crippen LogP contribution in [-0.4, -0.2) is 18.8 Å². The van der Waals surface area contributed by atoms with Gasteiger partial charge in [-0.3, -0.25) is 9.79 Å². The number of ether oxygens (including phenoxy) is 2. The summed E-state index contributed by atoms with van der Waals surface area (Å²) in [6.45, 7) is 0.204. The van der Waals surface area contributed by atoms with Crippen LogP contribution < -0.4 is 9.47 Å². The average Bonchev–Trinajstić information content (AvgIpc) is 2.66. The van der Waals surface area contributed by atoms with E-state index < -0.39 is 0 Å². The fourth-order valence-corrected chi connectivity index (χ4v) is 1.64. The van der Waals surface area contributed by atoms with Gasteiger partial charge in [-0.1, -0.05) is 0 Å². The van der Waals surface area contributed by atoms with Crippen molar-refractivity contribution in [2.45, 2.75) is 6.42 Å². The highest BCUT2D eigenvalue weighted by atomic mass is 16.7. The number of benzene rings is 1. The lowest BCUT2D eigenvalue weighted by atomic mass is 10.0. The number of ketones is 1. The minimum atomic E-state index is 0.0771. The lowest BCUT2D eigenvalue weighted by Gasteiger charge is -2.09. The van der Waals surface area contributed by atoms with Crippen LogP contribution in [-0.2, 0) is 0 Å². The Morgan fingerprint density at radius 3 is 3.14 bits per heavy atom. The minimum absolute atomic E-state index is 0.0771. The molecule has 1 aromatic rings. The second kappa shape index (κ2) is 2.57. The third-order valence-corrected chi connectivity index (χ3v) is 2.31. The van der Waals surface area contributed by atoms with E-state index in [4.69, 9.17) is 9.47 Å². The van der Waals surface area contributed by atoms with E-state index >= 15 is 0 Å². The number of nitrogens with zero attached hydrogens (tertiary/aromatic N) is 1. The summed E-state index contributed by atoms with van der Waals surface area (Å²) in [6, 6.07) is 3.49. The van der Waals surface area contributed by atoms with Gasteiger partial charge in [0.15, 0.2) is 17.3 Å². The van der Waals surface area contributed by atoms with Crippen molar-refractivity contribution in [1.82, 2.24) is 0 Å². The monoisotopic (exact) mass is 189 g/mol. The average molecular weight is 189 g/mol. The van der Waals surface area contributed by atoms with E-state index in [2.05, 4.69) is 4.99 Å². The quantitative estimate of drug-likeness (QED) is 0.624. The van der Waals surface area contributed by atoms with E-state index in [-0.39, 0.29) is 12.6 Å². The predicted molar refractivity (Wildman–Crippen MR) is 49.7 cm³/mol. The van der Waals surface area contributed by atoms with Crippen LogP contribution in [0.25, 0.3) is 0 Å². The smallest absolute Gasteiger partial charge is 0.231 e. The highest BCUT2D eigenvalue weighted by Crippen LogP contribution is 2.44. The van der Waals surface area contributed by atoms with Crippen LogP contribution in [0.2, 0.25) is 0 Å². The Morgan fingerprint density at radius 2 is 2.21 bits per heavy atom. The molecule has 0 aromatic heterocycles. The topological polar surface area (TPSA) is 47.9 Å². The molecule has 0 unspecified atom stereocenters. The molecule has 4 heteroatoms. The fraction of sp³-hybridized carbons (Fsp3) is 0.200. The molecular weight excluding hydrogens is 182 g/mol. The van der Waals surface area contributed by atoms with Crippen LogP contribution in [0.4, 0.5) is 5.69 Å². The lowest BCUT2D eigenvalue weighted by molar-refractivity contribution is 0.100. The SMILES string of the molecule is O=C1CC=Nc2c1ccc1c2OCO1. The molecule has 0 radical (unpaired) electrons. The van der Waals surface area contributed by atoms with Gasteiger partial charge in [0.05, 0.1) is 0 Å². The Kier molecular flexibility index (Phi) is 1.39. The molecule has 0 fully saturated rings. The van der Waals surface area contributed by atoms with Crippen LogP contribution in [0, 0.1) is 0 Å². The number of aliphatic imine (C=N–C) groups is 1. The van der Waals surface area contributed by atoms with Gasteiger partial charge >= 0.3 is 0 Å². The second-order valence-corrected chi connectivity index (χ2v) is 3.13. The summed E-state index contributed by atoms with van der Waals surface area (Å²) < 4.78 is 10.4. The first kappa shape index (κ1) is 7.55. The second-order valence-electron chi connectivity index (χ2n) is 3.13. The zero-order chi connectivity index (χ0) is 9.54. The predicted octanol–water partition coefficient (Wildman–Crippen LogP) is 1.70. The van der Waals surface area contributed by atoms with Crippen molar-refractivity contribution in [3.8, 4) is 11.5 Å². The van der Waals surface area contributed by atoms with Crippen molar-refractivity contribution >= 4 is 17.7 Å². The molecule has 14 heavy (non-hydrogen) atoms. The van der Waals surface area contributed by atoms with E-state index in [1.807, 2.05) is 0 Å². The zero-order valence-electron chi connectivity index (χ0n) is 7.32. The van der Waals surface area contributed by atoms with Gasteiger partial charge in [0.1, 0.15) is 5.69 Å². The Morgan fingerprint density at radius 1 is 1.29 bits per heavy atom. The number of carbonyl (C=O) groups is 1. The molecule has 0 saturated carbocycles. The van der Waals surface area contributed by atoms with Crippen LogP contribution >= 0.6 is 0 Å². The van der Waals surface area contributed by atoms with Crippen LogP contribution in [0.3, 0.4) is 0 Å². The lowest BCUT2D eigenvalue weighted by Crippen LogP contribution is -2.04. The van der Waals surface area contributed by atoms with Crippen molar-refractivity contribution in [3.63, 3.8) is 0 Å². The van der Waals surface area contributed by atoms with Crippen LogP contribution in [0.5, 0.6) is 11.5 Å². The third-order valence-electron chi connectivity index (χ3n) is 2.31. The number of Topliss-reactive ketones (excluding diaryl/α,β-unsaturated/α-hetero) is 1. The van der Waals surface area contributed by atoms with Gasteiger partial charge in [-0.25, -0.2) is 0 Å². The maximum absolute atomic E-state index is 11.5. The van der Waals surface area contributed by atoms with Crippen molar-refractivity contribution in [2.75, 3.05) is 6.79 Å². The van der Waals surface area contributed by atoms with Gasteiger partial charge < -0.3 is 9.47 Å². The van der Waals surface area contributed by atoms with Crippen molar-refractivity contribution in [2.24, 2.45) is 4.99 Å². The zero-order valence-corrected chi connectivity index (χ0v) is 7.32. The third kappa shape index (κ3) is 0.878. The molecule has 0 atom stereocenters. The highest BCUT2D eigenvalue weighted by molar-refractivity contribution is 6.11. The first-order valence-electron chi connectivity index (χ1n) is 4.34. The standard InChI is InChI=1S/C10H7NO3/c12-7-3-4-11-9-6(7)1-2-8-10(9)14-5-13-8/h1-2,4H,3,5H2. The van der Waals surface area contributed by atoms with Crippen LogP contribution in [0.1, 0.15) is 16.8 Å². The first-order chi connectivity index (χ1) is 6.86. The first-order valence-corrected chi connectivity index (χ1v) is 4.34. The summed E-state index contributed by atoms with van der Waals surface area (Å²) >= 11 is 0. The number of hydrogen-bond acceptors (Lipinski definition) is 4. The summed E-state index contributed by atoms with van der Waals surface area (Å²) in [7, 11) is 0. The Hall–Kier alpha value is -1.84. The van der Waals surface area contributed by atoms with Gasteiger partial charge in [0.25, 0.3) is 0 Å². The molecule has 0 saturated heterocycles. The molecule has 2 heterocycles. The summed E-state index contributed by atoms with van der Waals surface area (Å²) in [4.78, 5) is 15.7. The Bertz CT molecular complexity index is 451. The van der Waals surface area contributed by atoms with Gasteiger partial charge in [-0.15, -0.1) is 0 Å². The molecule has 0 N–H and O–H groups in total. The molecule has 2 aliphatic heterocycles. The summed E-state index contributed by atoms with van der Waals surface area (Å²) in [5.74, 6) is 1.33. The van der Waals surface area contributed by atoms with E-state index in [0.29, 0.717) is 29.2 Å². The van der Waals surface area contributed by atoms with Crippen LogP contribution in [0.15, 0.2) is 17.1 Å². The summed E-state index contributed by atoms with van der Waals surface area (Å²) in [5, 5.41) is 0. The van der Waals surface area contributed by atoms with Crippen molar-refractivity contribution < 1.29 is 14.3 Å². The normalized spacial score (nSPS) is 17.0. The largest absolute Gasteiger partial charge is 0.454 e. The molecule has 2 aliphatic rings. The highest BCUT2D eigenvalue weighted by Gasteiger charge is 2.24. The summed E-state index contributed by atoms with van der Waals surface area (Å²) in [6.07, 6.45) is 1.97. The summed E-state index contributed by atoms with van der Waals surface area (Å²) in [5.41, 5.74) is 1.23. The number of hydrogen-bond donors (Lipinski definition) is 0. The van der Waals surface area contributed by atoms with E-state index in [1.54, 1.807) is 18.3 Å². The maximum atomic E-state index is 11.5. The minimum Gasteiger partial charge on any atom is -0.454 e. The molecule has 0 aliphatic carbocycles. The van der Waals surface area contributed by atoms with Gasteiger partial charge in [-0.2, -0.15) is 0 Å². The maximum Gasteiger partial charge on any atom is 0.231 e. The molecule has 0 bridgehead atoms. The van der Waals surface area contributed by atoms with E-state index in [1.165, 1.54) is 0 Å². The number of fused-ring (bicyclic) bond motifs is 3. The van der Waals surface area contributed by atoms with Crippen molar-refractivity contribution in [1.29, 1.82) is 0 Å².